The second-order valence-corrected chi connectivity index (χ2v) is 8.46. The predicted octanol–water partition coefficient (Wildman–Crippen LogP) is 4.47. The molecule has 31 heavy (non-hydrogen) atoms. The number of alkyl carbamates (subject to hydrolysis) is 1. The van der Waals surface area contributed by atoms with E-state index in [1.165, 1.54) is 23.1 Å². The molecule has 3 N–H and O–H groups in total. The first-order chi connectivity index (χ1) is 15.1. The minimum absolute atomic E-state index is 0.0828. The normalized spacial score (nSPS) is 20.5. The molecule has 0 spiro atoms. The van der Waals surface area contributed by atoms with Crippen LogP contribution < -0.4 is 16.0 Å². The summed E-state index contributed by atoms with van der Waals surface area (Å²) in [6.45, 7) is 2.01. The van der Waals surface area contributed by atoms with Crippen LogP contribution in [0.3, 0.4) is 0 Å². The number of carbonyl (C=O) groups excluding carboxylic acids is 1. The molecular weight excluding hydrogens is 390 g/mol. The number of benzene rings is 2. The maximum atomic E-state index is 11.6. The van der Waals surface area contributed by atoms with E-state index in [-0.39, 0.29) is 18.2 Å². The van der Waals surface area contributed by atoms with E-state index in [9.17, 15) is 4.79 Å². The molecule has 7 heteroatoms. The lowest BCUT2D eigenvalue weighted by Gasteiger charge is -2.14. The van der Waals surface area contributed by atoms with Gasteiger partial charge in [-0.3, -0.25) is 0 Å². The van der Waals surface area contributed by atoms with E-state index in [1.54, 1.807) is 0 Å². The standard InChI is InChI=1S/C24H23N5O2/c1-13-12-25-23(29-22(13)27-19-7-3-5-14-4-2-6-17(14)19)26-16-9-8-15-10-20-21(18(15)11-16)28-24(30)31-20/h3,5,7-9,11-12,20-21H,2,4,6,10H2,1H3,(H,28,30)(H2,25,26,27,29)/t20-,21+/m1/s1. The van der Waals surface area contributed by atoms with Crippen molar-refractivity contribution in [1.82, 2.24) is 15.3 Å². The molecule has 6 rings (SSSR count). The Morgan fingerprint density at radius 2 is 2.06 bits per heavy atom. The van der Waals surface area contributed by atoms with Gasteiger partial charge in [0.05, 0.1) is 6.04 Å². The average molecular weight is 413 g/mol. The molecule has 1 aromatic heterocycles. The van der Waals surface area contributed by atoms with Gasteiger partial charge < -0.3 is 20.7 Å². The van der Waals surface area contributed by atoms with Crippen LogP contribution in [0.5, 0.6) is 0 Å². The van der Waals surface area contributed by atoms with E-state index in [0.717, 1.165) is 47.6 Å². The van der Waals surface area contributed by atoms with Crippen molar-refractivity contribution in [2.45, 2.75) is 44.8 Å². The smallest absolute Gasteiger partial charge is 0.408 e. The Hall–Kier alpha value is -3.61. The molecule has 2 aliphatic carbocycles. The third-order valence-corrected chi connectivity index (χ3v) is 6.43. The number of aryl methyl sites for hydroxylation is 2. The number of nitrogens with one attached hydrogen (secondary N) is 3. The molecule has 0 unspecified atom stereocenters. The minimum Gasteiger partial charge on any atom is -0.443 e. The van der Waals surface area contributed by atoms with Crippen molar-refractivity contribution in [3.05, 3.63) is 70.4 Å². The summed E-state index contributed by atoms with van der Waals surface area (Å²) in [4.78, 5) is 20.8. The molecule has 2 aromatic carbocycles. The SMILES string of the molecule is Cc1cnc(Nc2ccc3c(c2)[C@@H]2NC(=O)O[C@@H]2C3)nc1Nc1cccc2c1CCC2. The summed E-state index contributed by atoms with van der Waals surface area (Å²) in [7, 11) is 0. The molecule has 1 amide bonds. The molecule has 0 saturated carbocycles. The Morgan fingerprint density at radius 1 is 1.13 bits per heavy atom. The van der Waals surface area contributed by atoms with Crippen molar-refractivity contribution in [3.63, 3.8) is 0 Å². The summed E-state index contributed by atoms with van der Waals surface area (Å²) in [6, 6.07) is 12.5. The van der Waals surface area contributed by atoms with Crippen molar-refractivity contribution >= 4 is 29.2 Å². The molecule has 2 atom stereocenters. The van der Waals surface area contributed by atoms with Crippen LogP contribution in [-0.2, 0) is 24.0 Å². The number of fused-ring (bicyclic) bond motifs is 4. The highest BCUT2D eigenvalue weighted by atomic mass is 16.6. The number of aromatic nitrogens is 2. The van der Waals surface area contributed by atoms with Crippen molar-refractivity contribution < 1.29 is 9.53 Å². The second kappa shape index (κ2) is 6.97. The largest absolute Gasteiger partial charge is 0.443 e. The van der Waals surface area contributed by atoms with Gasteiger partial charge in [-0.25, -0.2) is 9.78 Å². The quantitative estimate of drug-likeness (QED) is 0.585. The van der Waals surface area contributed by atoms with Gasteiger partial charge in [-0.15, -0.1) is 0 Å². The zero-order valence-corrected chi connectivity index (χ0v) is 17.2. The van der Waals surface area contributed by atoms with E-state index in [1.807, 2.05) is 19.2 Å². The summed E-state index contributed by atoms with van der Waals surface area (Å²) in [5.74, 6) is 1.33. The Morgan fingerprint density at radius 3 is 3.00 bits per heavy atom. The molecule has 2 heterocycles. The monoisotopic (exact) mass is 413 g/mol. The molecule has 1 saturated heterocycles. The molecular formula is C24H23N5O2. The Kier molecular flexibility index (Phi) is 4.09. The number of ether oxygens (including phenoxy) is 1. The van der Waals surface area contributed by atoms with Gasteiger partial charge in [0.25, 0.3) is 0 Å². The molecule has 3 aliphatic rings. The molecule has 1 fully saturated rings. The van der Waals surface area contributed by atoms with Crippen LogP contribution in [-0.4, -0.2) is 22.2 Å². The summed E-state index contributed by atoms with van der Waals surface area (Å²) in [6.07, 6.45) is 5.57. The highest BCUT2D eigenvalue weighted by Gasteiger charge is 2.41. The van der Waals surface area contributed by atoms with Gasteiger partial charge in [-0.1, -0.05) is 18.2 Å². The maximum absolute atomic E-state index is 11.6. The number of anilines is 4. The van der Waals surface area contributed by atoms with Crippen LogP contribution in [0.25, 0.3) is 0 Å². The lowest BCUT2D eigenvalue weighted by atomic mass is 10.1. The minimum atomic E-state index is -0.344. The van der Waals surface area contributed by atoms with Crippen LogP contribution in [0.1, 0.15) is 40.3 Å². The molecule has 1 aliphatic heterocycles. The van der Waals surface area contributed by atoms with Crippen molar-refractivity contribution in [2.24, 2.45) is 0 Å². The Balaban J connectivity index is 1.26. The molecule has 0 bridgehead atoms. The second-order valence-electron chi connectivity index (χ2n) is 8.46. The average Bonchev–Trinajstić information content (AvgIpc) is 3.45. The zero-order chi connectivity index (χ0) is 20.9. The number of nitrogens with zero attached hydrogens (tertiary/aromatic N) is 2. The van der Waals surface area contributed by atoms with Crippen LogP contribution >= 0.6 is 0 Å². The van der Waals surface area contributed by atoms with E-state index >= 15 is 0 Å². The summed E-state index contributed by atoms with van der Waals surface area (Å²) >= 11 is 0. The third-order valence-electron chi connectivity index (χ3n) is 6.43. The first-order valence-electron chi connectivity index (χ1n) is 10.7. The molecule has 7 nitrogen and oxygen atoms in total. The maximum Gasteiger partial charge on any atom is 0.408 e. The van der Waals surface area contributed by atoms with Crippen LogP contribution in [0.2, 0.25) is 0 Å². The summed E-state index contributed by atoms with van der Waals surface area (Å²) < 4.78 is 5.34. The van der Waals surface area contributed by atoms with Gasteiger partial charge in [-0.2, -0.15) is 4.98 Å². The van der Waals surface area contributed by atoms with Gasteiger partial charge >= 0.3 is 6.09 Å². The van der Waals surface area contributed by atoms with Crippen LogP contribution in [0, 0.1) is 6.92 Å². The van der Waals surface area contributed by atoms with E-state index < -0.39 is 0 Å². The first kappa shape index (κ1) is 18.2. The van der Waals surface area contributed by atoms with Gasteiger partial charge in [-0.05, 0) is 66.6 Å². The first-order valence-corrected chi connectivity index (χ1v) is 10.7. The summed E-state index contributed by atoms with van der Waals surface area (Å²) in [5, 5.41) is 9.73. The lowest BCUT2D eigenvalue weighted by molar-refractivity contribution is 0.136. The van der Waals surface area contributed by atoms with Gasteiger partial charge in [0.1, 0.15) is 11.9 Å². The summed E-state index contributed by atoms with van der Waals surface area (Å²) in [5.41, 5.74) is 8.11. The fourth-order valence-corrected chi connectivity index (χ4v) is 4.88. The number of amides is 1. The van der Waals surface area contributed by atoms with Gasteiger partial charge in [0.2, 0.25) is 5.95 Å². The van der Waals surface area contributed by atoms with E-state index in [0.29, 0.717) is 5.95 Å². The van der Waals surface area contributed by atoms with E-state index in [2.05, 4.69) is 51.3 Å². The van der Waals surface area contributed by atoms with Gasteiger partial charge in [0, 0.05) is 29.6 Å². The highest BCUT2D eigenvalue weighted by Crippen LogP contribution is 2.38. The predicted molar refractivity (Wildman–Crippen MR) is 118 cm³/mol. The fourth-order valence-electron chi connectivity index (χ4n) is 4.88. The zero-order valence-electron chi connectivity index (χ0n) is 17.2. The molecule has 3 aromatic rings. The van der Waals surface area contributed by atoms with Crippen LogP contribution in [0.15, 0.2) is 42.6 Å². The highest BCUT2D eigenvalue weighted by molar-refractivity contribution is 5.73. The van der Waals surface area contributed by atoms with E-state index in [4.69, 9.17) is 9.72 Å². The van der Waals surface area contributed by atoms with Crippen molar-refractivity contribution in [2.75, 3.05) is 10.6 Å². The molecule has 0 radical (unpaired) electrons. The third kappa shape index (κ3) is 3.17. The number of rotatable bonds is 4. The number of hydrogen-bond donors (Lipinski definition) is 3. The fraction of sp³-hybridized carbons (Fsp3) is 0.292. The van der Waals surface area contributed by atoms with Crippen LogP contribution in [0.4, 0.5) is 27.9 Å². The van der Waals surface area contributed by atoms with Crippen molar-refractivity contribution in [1.29, 1.82) is 0 Å². The lowest BCUT2D eigenvalue weighted by Crippen LogP contribution is -2.18. The Labute approximate surface area is 180 Å². The molecule has 156 valence electrons. The number of carbonyl (C=O) groups is 1. The number of hydrogen-bond acceptors (Lipinski definition) is 6. The van der Waals surface area contributed by atoms with Gasteiger partial charge in [0.15, 0.2) is 0 Å². The topological polar surface area (TPSA) is 88.2 Å². The van der Waals surface area contributed by atoms with Crippen molar-refractivity contribution in [3.8, 4) is 0 Å². The Bertz CT molecular complexity index is 1210.